The van der Waals surface area contributed by atoms with E-state index in [1.807, 2.05) is 13.0 Å². The van der Waals surface area contributed by atoms with Gasteiger partial charge < -0.3 is 4.90 Å². The van der Waals surface area contributed by atoms with Crippen LogP contribution in [0.5, 0.6) is 0 Å². The number of hydrogen-bond acceptors (Lipinski definition) is 3. The first kappa shape index (κ1) is 20.4. The van der Waals surface area contributed by atoms with Crippen molar-refractivity contribution in [1.82, 2.24) is 9.80 Å². The van der Waals surface area contributed by atoms with Crippen LogP contribution in [0.1, 0.15) is 47.3 Å². The van der Waals surface area contributed by atoms with E-state index in [9.17, 15) is 14.4 Å². The van der Waals surface area contributed by atoms with E-state index in [1.165, 1.54) is 4.90 Å². The van der Waals surface area contributed by atoms with Crippen LogP contribution in [0.2, 0.25) is 10.0 Å². The highest BCUT2D eigenvalue weighted by Crippen LogP contribution is 2.30. The predicted molar refractivity (Wildman–Crippen MR) is 108 cm³/mol. The van der Waals surface area contributed by atoms with Crippen LogP contribution in [-0.4, -0.2) is 34.6 Å². The fourth-order valence-corrected chi connectivity index (χ4v) is 3.73. The summed E-state index contributed by atoms with van der Waals surface area (Å²) < 4.78 is 0. The largest absolute Gasteiger partial charge is 0.335 e. The number of nitrogens with zero attached hydrogens (tertiary/aromatic N) is 2. The summed E-state index contributed by atoms with van der Waals surface area (Å²) in [6.07, 6.45) is 0.538. The number of rotatable bonds is 5. The number of benzene rings is 2. The Balaban J connectivity index is 1.71. The molecule has 7 heteroatoms. The summed E-state index contributed by atoms with van der Waals surface area (Å²) in [6, 6.07) is 11.9. The van der Waals surface area contributed by atoms with Crippen molar-refractivity contribution < 1.29 is 14.4 Å². The number of imide groups is 1. The first-order valence-electron chi connectivity index (χ1n) is 8.92. The van der Waals surface area contributed by atoms with Crippen molar-refractivity contribution in [3.05, 3.63) is 69.2 Å². The van der Waals surface area contributed by atoms with Gasteiger partial charge in [0.25, 0.3) is 5.91 Å². The number of hydrogen-bond donors (Lipinski definition) is 0. The minimum Gasteiger partial charge on any atom is -0.335 e. The van der Waals surface area contributed by atoms with E-state index < -0.39 is 0 Å². The lowest BCUT2D eigenvalue weighted by molar-refractivity contribution is -0.139. The smallest absolute Gasteiger partial charge is 0.254 e. The SMILES string of the molecule is CC(c1ccc(Cl)cc1Cl)N(C)C(=O)c1ccc(CN2C(=O)CCC2=O)cc1. The van der Waals surface area contributed by atoms with Crippen molar-refractivity contribution in [3.63, 3.8) is 0 Å². The van der Waals surface area contributed by atoms with Crippen molar-refractivity contribution in [2.45, 2.75) is 32.4 Å². The molecule has 2 aromatic carbocycles. The average Bonchev–Trinajstić information content (AvgIpc) is 2.99. The molecule has 1 heterocycles. The van der Waals surface area contributed by atoms with Crippen LogP contribution in [-0.2, 0) is 16.1 Å². The molecule has 2 aromatic rings. The van der Waals surface area contributed by atoms with Crippen LogP contribution in [0.3, 0.4) is 0 Å². The van der Waals surface area contributed by atoms with Gasteiger partial charge in [-0.3, -0.25) is 19.3 Å². The van der Waals surface area contributed by atoms with Crippen LogP contribution < -0.4 is 0 Å². The third kappa shape index (κ3) is 4.21. The maximum Gasteiger partial charge on any atom is 0.254 e. The number of carbonyl (C=O) groups excluding carboxylic acids is 3. The normalized spacial score (nSPS) is 15.1. The molecule has 1 atom stereocenters. The number of amides is 3. The van der Waals surface area contributed by atoms with Gasteiger partial charge in [-0.1, -0.05) is 41.4 Å². The van der Waals surface area contributed by atoms with Gasteiger partial charge in [-0.2, -0.15) is 0 Å². The number of carbonyl (C=O) groups is 3. The lowest BCUT2D eigenvalue weighted by Gasteiger charge is -2.26. The van der Waals surface area contributed by atoms with Gasteiger partial charge in [0.1, 0.15) is 0 Å². The fraction of sp³-hybridized carbons (Fsp3) is 0.286. The topological polar surface area (TPSA) is 57.7 Å². The minimum atomic E-state index is -0.239. The van der Waals surface area contributed by atoms with E-state index in [0.717, 1.165) is 11.1 Å². The molecule has 1 aliphatic rings. The Bertz CT molecular complexity index is 912. The van der Waals surface area contributed by atoms with Gasteiger partial charge in [0, 0.05) is 35.5 Å². The molecule has 5 nitrogen and oxygen atoms in total. The summed E-state index contributed by atoms with van der Waals surface area (Å²) in [7, 11) is 1.72. The first-order chi connectivity index (χ1) is 13.3. The highest BCUT2D eigenvalue weighted by atomic mass is 35.5. The fourth-order valence-electron chi connectivity index (χ4n) is 3.16. The van der Waals surface area contributed by atoms with Crippen LogP contribution >= 0.6 is 23.2 Å². The predicted octanol–water partition coefficient (Wildman–Crippen LogP) is 4.48. The molecule has 28 heavy (non-hydrogen) atoms. The average molecular weight is 419 g/mol. The second kappa shape index (κ2) is 8.33. The zero-order valence-corrected chi connectivity index (χ0v) is 17.1. The second-order valence-corrected chi connectivity index (χ2v) is 7.67. The Morgan fingerprint density at radius 3 is 2.25 bits per heavy atom. The van der Waals surface area contributed by atoms with Gasteiger partial charge in [0.05, 0.1) is 12.6 Å². The molecular weight excluding hydrogens is 399 g/mol. The summed E-state index contributed by atoms with van der Waals surface area (Å²) in [5.74, 6) is -0.462. The van der Waals surface area contributed by atoms with Gasteiger partial charge in [-0.15, -0.1) is 0 Å². The molecule has 0 spiro atoms. The standard InChI is InChI=1S/C21H20Cl2N2O3/c1-13(17-8-7-16(22)11-18(17)23)24(2)21(28)15-5-3-14(4-6-15)12-25-19(26)9-10-20(25)27/h3-8,11,13H,9-10,12H2,1-2H3. The molecule has 0 aromatic heterocycles. The monoisotopic (exact) mass is 418 g/mol. The Kier molecular flexibility index (Phi) is 6.06. The van der Waals surface area contributed by atoms with Crippen molar-refractivity contribution in [1.29, 1.82) is 0 Å². The van der Waals surface area contributed by atoms with Crippen molar-refractivity contribution in [3.8, 4) is 0 Å². The van der Waals surface area contributed by atoms with Gasteiger partial charge in [-0.25, -0.2) is 0 Å². The third-order valence-corrected chi connectivity index (χ3v) is 5.57. The zero-order chi connectivity index (χ0) is 20.4. The van der Waals surface area contributed by atoms with Crippen LogP contribution in [0, 0.1) is 0 Å². The summed E-state index contributed by atoms with van der Waals surface area (Å²) >= 11 is 12.2. The van der Waals surface area contributed by atoms with Gasteiger partial charge in [-0.05, 0) is 42.3 Å². The molecule has 0 radical (unpaired) electrons. The Morgan fingerprint density at radius 2 is 1.68 bits per heavy atom. The molecule has 3 amide bonds. The maximum absolute atomic E-state index is 12.8. The zero-order valence-electron chi connectivity index (χ0n) is 15.6. The van der Waals surface area contributed by atoms with Crippen molar-refractivity contribution in [2.75, 3.05) is 7.05 Å². The van der Waals surface area contributed by atoms with E-state index in [1.54, 1.807) is 48.3 Å². The highest BCUT2D eigenvalue weighted by Gasteiger charge is 2.28. The third-order valence-electron chi connectivity index (χ3n) is 5.01. The summed E-state index contributed by atoms with van der Waals surface area (Å²) in [5, 5.41) is 1.05. The quantitative estimate of drug-likeness (QED) is 0.672. The van der Waals surface area contributed by atoms with E-state index in [2.05, 4.69) is 0 Å². The molecule has 1 aliphatic heterocycles. The molecule has 1 fully saturated rings. The minimum absolute atomic E-state index is 0.154. The summed E-state index contributed by atoms with van der Waals surface area (Å²) in [4.78, 5) is 39.2. The Labute approximate surface area is 173 Å². The van der Waals surface area contributed by atoms with E-state index in [-0.39, 0.29) is 43.1 Å². The lowest BCUT2D eigenvalue weighted by Crippen LogP contribution is -2.30. The highest BCUT2D eigenvalue weighted by molar-refractivity contribution is 6.35. The van der Waals surface area contributed by atoms with E-state index in [0.29, 0.717) is 15.6 Å². The molecule has 1 saturated heterocycles. The van der Waals surface area contributed by atoms with Crippen LogP contribution in [0.4, 0.5) is 0 Å². The van der Waals surface area contributed by atoms with E-state index >= 15 is 0 Å². The maximum atomic E-state index is 12.8. The van der Waals surface area contributed by atoms with Gasteiger partial charge in [0.15, 0.2) is 0 Å². The molecule has 0 aliphatic carbocycles. The number of halogens is 2. The van der Waals surface area contributed by atoms with Crippen LogP contribution in [0.15, 0.2) is 42.5 Å². The molecule has 0 saturated carbocycles. The lowest BCUT2D eigenvalue weighted by atomic mass is 10.1. The summed E-state index contributed by atoms with van der Waals surface area (Å²) in [6.45, 7) is 2.13. The molecule has 3 rings (SSSR count). The Morgan fingerprint density at radius 1 is 1.07 bits per heavy atom. The number of likely N-dealkylation sites (tertiary alicyclic amines) is 1. The van der Waals surface area contributed by atoms with Crippen molar-refractivity contribution in [2.24, 2.45) is 0 Å². The molecule has 1 unspecified atom stereocenters. The van der Waals surface area contributed by atoms with Crippen LogP contribution in [0.25, 0.3) is 0 Å². The molecule has 0 N–H and O–H groups in total. The molecular formula is C21H20Cl2N2O3. The van der Waals surface area contributed by atoms with E-state index in [4.69, 9.17) is 23.2 Å². The van der Waals surface area contributed by atoms with Gasteiger partial charge in [0.2, 0.25) is 11.8 Å². The molecule has 146 valence electrons. The first-order valence-corrected chi connectivity index (χ1v) is 9.67. The van der Waals surface area contributed by atoms with Crippen molar-refractivity contribution >= 4 is 40.9 Å². The summed E-state index contributed by atoms with van der Waals surface area (Å²) in [5.41, 5.74) is 2.13. The second-order valence-electron chi connectivity index (χ2n) is 6.83. The Hall–Kier alpha value is -2.37. The van der Waals surface area contributed by atoms with Gasteiger partial charge >= 0.3 is 0 Å². The molecule has 0 bridgehead atoms.